The summed E-state index contributed by atoms with van der Waals surface area (Å²) in [5, 5.41) is 0. The van der Waals surface area contributed by atoms with Gasteiger partial charge in [-0.2, -0.15) is 0 Å². The van der Waals surface area contributed by atoms with Gasteiger partial charge in [0.15, 0.2) is 6.10 Å². The predicted octanol–water partition coefficient (Wildman–Crippen LogP) is 15.5. The van der Waals surface area contributed by atoms with Gasteiger partial charge in [-0.3, -0.25) is 14.4 Å². The van der Waals surface area contributed by atoms with E-state index in [1.54, 1.807) is 0 Å². The van der Waals surface area contributed by atoms with Gasteiger partial charge in [-0.05, 0) is 25.2 Å². The summed E-state index contributed by atoms with van der Waals surface area (Å²) in [5.41, 5.74) is 0. The van der Waals surface area contributed by atoms with Crippen molar-refractivity contribution in [1.29, 1.82) is 0 Å². The molecule has 0 saturated carbocycles. The number of esters is 3. The van der Waals surface area contributed by atoms with Crippen LogP contribution < -0.4 is 0 Å². The monoisotopic (exact) mass is 779 g/mol. The maximum Gasteiger partial charge on any atom is 0.306 e. The van der Waals surface area contributed by atoms with Crippen LogP contribution in [0.3, 0.4) is 0 Å². The Balaban J connectivity index is 4.23. The van der Waals surface area contributed by atoms with Crippen molar-refractivity contribution >= 4 is 17.9 Å². The van der Waals surface area contributed by atoms with E-state index in [-0.39, 0.29) is 31.1 Å². The van der Waals surface area contributed by atoms with Gasteiger partial charge in [0.2, 0.25) is 0 Å². The average molecular weight is 779 g/mol. The molecule has 6 heteroatoms. The molecule has 0 fully saturated rings. The summed E-state index contributed by atoms with van der Waals surface area (Å²) >= 11 is 0. The fourth-order valence-electron chi connectivity index (χ4n) is 7.33. The smallest absolute Gasteiger partial charge is 0.306 e. The lowest BCUT2D eigenvalue weighted by Gasteiger charge is -2.18. The van der Waals surface area contributed by atoms with E-state index in [1.807, 2.05) is 0 Å². The quantitative estimate of drug-likeness (QED) is 0.0348. The summed E-state index contributed by atoms with van der Waals surface area (Å²) in [4.78, 5) is 37.7. The van der Waals surface area contributed by atoms with Crippen LogP contribution in [0.4, 0.5) is 0 Å². The molecule has 1 atom stereocenters. The largest absolute Gasteiger partial charge is 0.462 e. The van der Waals surface area contributed by atoms with Crippen LogP contribution >= 0.6 is 0 Å². The minimum atomic E-state index is -0.758. The molecule has 0 aliphatic carbocycles. The predicted molar refractivity (Wildman–Crippen MR) is 233 cm³/mol. The van der Waals surface area contributed by atoms with Crippen molar-refractivity contribution in [3.63, 3.8) is 0 Å². The normalized spacial score (nSPS) is 11.9. The standard InChI is InChI=1S/C49H94O6/c1-5-7-9-11-13-15-20-25-28-32-36-40-47(50)53-43-46(55-49(52)42-38-34-30-23-14-12-10-8-6-2)44-54-48(51)41-37-33-29-26-22-19-17-16-18-21-24-27-31-35-39-45(3)4/h45-46H,5-44H2,1-4H3/t46-/m1/s1. The summed E-state index contributed by atoms with van der Waals surface area (Å²) in [7, 11) is 0. The van der Waals surface area contributed by atoms with Crippen molar-refractivity contribution in [2.45, 2.75) is 278 Å². The second-order valence-corrected chi connectivity index (χ2v) is 17.2. The van der Waals surface area contributed by atoms with Gasteiger partial charge in [0.1, 0.15) is 13.2 Å². The highest BCUT2D eigenvalue weighted by Gasteiger charge is 2.19. The van der Waals surface area contributed by atoms with Crippen LogP contribution in [0.2, 0.25) is 0 Å². The molecule has 0 aromatic carbocycles. The van der Waals surface area contributed by atoms with Crippen molar-refractivity contribution in [2.75, 3.05) is 13.2 Å². The van der Waals surface area contributed by atoms with Crippen molar-refractivity contribution in [2.24, 2.45) is 5.92 Å². The molecule has 0 N–H and O–H groups in total. The topological polar surface area (TPSA) is 78.9 Å². The summed E-state index contributed by atoms with van der Waals surface area (Å²) in [6, 6.07) is 0. The first-order valence-electron chi connectivity index (χ1n) is 24.4. The Hall–Kier alpha value is -1.59. The molecule has 0 aliphatic heterocycles. The Labute approximate surface area is 342 Å². The minimum Gasteiger partial charge on any atom is -0.462 e. The number of carbonyl (C=O) groups excluding carboxylic acids is 3. The third-order valence-corrected chi connectivity index (χ3v) is 11.0. The second-order valence-electron chi connectivity index (χ2n) is 17.2. The maximum absolute atomic E-state index is 12.7. The van der Waals surface area contributed by atoms with Gasteiger partial charge in [-0.1, -0.05) is 233 Å². The zero-order valence-corrected chi connectivity index (χ0v) is 37.4. The highest BCUT2D eigenvalue weighted by atomic mass is 16.6. The highest BCUT2D eigenvalue weighted by Crippen LogP contribution is 2.17. The first-order valence-corrected chi connectivity index (χ1v) is 24.4. The van der Waals surface area contributed by atoms with E-state index in [4.69, 9.17) is 14.2 Å². The van der Waals surface area contributed by atoms with E-state index in [0.717, 1.165) is 63.7 Å². The number of ether oxygens (including phenoxy) is 3. The molecule has 0 spiro atoms. The van der Waals surface area contributed by atoms with Crippen LogP contribution in [0.5, 0.6) is 0 Å². The van der Waals surface area contributed by atoms with Crippen molar-refractivity contribution in [1.82, 2.24) is 0 Å². The highest BCUT2D eigenvalue weighted by molar-refractivity contribution is 5.71. The third-order valence-electron chi connectivity index (χ3n) is 11.0. The number of carbonyl (C=O) groups is 3. The molecule has 0 bridgehead atoms. The molecular formula is C49H94O6. The Morgan fingerprint density at radius 3 is 0.891 bits per heavy atom. The molecule has 6 nitrogen and oxygen atoms in total. The van der Waals surface area contributed by atoms with E-state index < -0.39 is 6.10 Å². The van der Waals surface area contributed by atoms with Crippen LogP contribution in [0.15, 0.2) is 0 Å². The van der Waals surface area contributed by atoms with E-state index in [9.17, 15) is 14.4 Å². The first-order chi connectivity index (χ1) is 26.9. The Morgan fingerprint density at radius 1 is 0.345 bits per heavy atom. The lowest BCUT2D eigenvalue weighted by molar-refractivity contribution is -0.167. The van der Waals surface area contributed by atoms with Gasteiger partial charge >= 0.3 is 17.9 Å². The van der Waals surface area contributed by atoms with Crippen LogP contribution in [0, 0.1) is 5.92 Å². The SMILES string of the molecule is CCCCCCCCCCCCCC(=O)OC[C@H](COC(=O)CCCCCCCCCCCCCCCCC(C)C)OC(=O)CCCCCCCCCCC. The lowest BCUT2D eigenvalue weighted by Crippen LogP contribution is -2.30. The van der Waals surface area contributed by atoms with E-state index >= 15 is 0 Å². The number of rotatable bonds is 44. The molecular weight excluding hydrogens is 685 g/mol. The second kappa shape index (κ2) is 43.5. The molecule has 326 valence electrons. The third kappa shape index (κ3) is 43.4. The fourth-order valence-corrected chi connectivity index (χ4v) is 7.33. The van der Waals surface area contributed by atoms with Crippen molar-refractivity contribution in [3.8, 4) is 0 Å². The van der Waals surface area contributed by atoms with E-state index in [2.05, 4.69) is 27.7 Å². The number of unbranched alkanes of at least 4 members (excludes halogenated alkanes) is 31. The first kappa shape index (κ1) is 53.4. The Kier molecular flexibility index (Phi) is 42.3. The molecule has 0 unspecified atom stereocenters. The minimum absolute atomic E-state index is 0.0633. The molecule has 0 aromatic rings. The summed E-state index contributed by atoms with van der Waals surface area (Å²) in [6.45, 7) is 9.00. The molecule has 0 aliphatic rings. The average Bonchev–Trinajstić information content (AvgIpc) is 3.17. The zero-order chi connectivity index (χ0) is 40.3. The zero-order valence-electron chi connectivity index (χ0n) is 37.4. The molecule has 55 heavy (non-hydrogen) atoms. The summed E-state index contributed by atoms with van der Waals surface area (Å²) < 4.78 is 16.7. The van der Waals surface area contributed by atoms with E-state index in [0.29, 0.717) is 19.3 Å². The molecule has 0 aromatic heterocycles. The Bertz CT molecular complexity index is 826. The van der Waals surface area contributed by atoms with Crippen molar-refractivity contribution < 1.29 is 28.6 Å². The molecule has 0 rings (SSSR count). The molecule has 0 heterocycles. The van der Waals surface area contributed by atoms with Gasteiger partial charge in [0.25, 0.3) is 0 Å². The maximum atomic E-state index is 12.7. The molecule has 0 radical (unpaired) electrons. The summed E-state index contributed by atoms with van der Waals surface area (Å²) in [5.74, 6) is -0.00717. The van der Waals surface area contributed by atoms with Gasteiger partial charge in [0, 0.05) is 19.3 Å². The van der Waals surface area contributed by atoms with Crippen LogP contribution in [0.25, 0.3) is 0 Å². The number of hydrogen-bond acceptors (Lipinski definition) is 6. The van der Waals surface area contributed by atoms with Crippen LogP contribution in [-0.4, -0.2) is 37.2 Å². The fraction of sp³-hybridized carbons (Fsp3) is 0.939. The van der Waals surface area contributed by atoms with Crippen molar-refractivity contribution in [3.05, 3.63) is 0 Å². The van der Waals surface area contributed by atoms with Crippen LogP contribution in [0.1, 0.15) is 272 Å². The van der Waals surface area contributed by atoms with Crippen LogP contribution in [-0.2, 0) is 28.6 Å². The van der Waals surface area contributed by atoms with Gasteiger partial charge in [-0.25, -0.2) is 0 Å². The van der Waals surface area contributed by atoms with Gasteiger partial charge in [0.05, 0.1) is 0 Å². The molecule has 0 amide bonds. The lowest BCUT2D eigenvalue weighted by atomic mass is 10.0. The summed E-state index contributed by atoms with van der Waals surface area (Å²) in [6.07, 6.45) is 43.7. The number of hydrogen-bond donors (Lipinski definition) is 0. The van der Waals surface area contributed by atoms with E-state index in [1.165, 1.54) is 167 Å². The van der Waals surface area contributed by atoms with Gasteiger partial charge < -0.3 is 14.2 Å². The molecule has 0 saturated heterocycles. The Morgan fingerprint density at radius 2 is 0.600 bits per heavy atom. The van der Waals surface area contributed by atoms with Gasteiger partial charge in [-0.15, -0.1) is 0 Å².